The van der Waals surface area contributed by atoms with E-state index in [1.54, 1.807) is 14.0 Å². The second-order valence-electron chi connectivity index (χ2n) is 6.02. The number of carbonyl (C=O) groups is 1. The lowest BCUT2D eigenvalue weighted by Crippen LogP contribution is -2.38. The van der Waals surface area contributed by atoms with Gasteiger partial charge in [0.25, 0.3) is 0 Å². The van der Waals surface area contributed by atoms with Crippen LogP contribution in [0.15, 0.2) is 29.4 Å². The van der Waals surface area contributed by atoms with E-state index < -0.39 is 0 Å². The first-order chi connectivity index (χ1) is 13.5. The first kappa shape index (κ1) is 23.0. The van der Waals surface area contributed by atoms with Gasteiger partial charge in [-0.1, -0.05) is 6.07 Å². The Bertz CT molecular complexity index is 1000. The summed E-state index contributed by atoms with van der Waals surface area (Å²) in [6, 6.07) is 5.62. The highest BCUT2D eigenvalue weighted by atomic mass is 127. The SMILES string of the molecule is CCOC(=O)c1sc(C(C)NC(=NC)NCc2nnc3ccccn23)nc1C.I. The number of aliphatic imine (C=N–C) groups is 1. The topological polar surface area (TPSA) is 106 Å². The number of rotatable bonds is 6. The van der Waals surface area contributed by atoms with Crippen LogP contribution in [0.2, 0.25) is 0 Å². The number of halogens is 1. The zero-order chi connectivity index (χ0) is 20.1. The van der Waals surface area contributed by atoms with Gasteiger partial charge in [0.05, 0.1) is 24.9 Å². The van der Waals surface area contributed by atoms with Gasteiger partial charge in [0.15, 0.2) is 17.4 Å². The van der Waals surface area contributed by atoms with Gasteiger partial charge in [0.1, 0.15) is 9.88 Å². The summed E-state index contributed by atoms with van der Waals surface area (Å²) >= 11 is 1.33. The van der Waals surface area contributed by atoms with Crippen molar-refractivity contribution in [3.63, 3.8) is 0 Å². The van der Waals surface area contributed by atoms with Crippen LogP contribution in [0.3, 0.4) is 0 Å². The Hall–Kier alpha value is -2.28. The molecule has 2 N–H and O–H groups in total. The Morgan fingerprint density at radius 2 is 2.17 bits per heavy atom. The van der Waals surface area contributed by atoms with Gasteiger partial charge >= 0.3 is 5.97 Å². The van der Waals surface area contributed by atoms with Crippen molar-refractivity contribution in [2.45, 2.75) is 33.4 Å². The van der Waals surface area contributed by atoms with Crippen LogP contribution < -0.4 is 10.6 Å². The third kappa shape index (κ3) is 5.41. The molecule has 1 atom stereocenters. The number of guanidine groups is 1. The number of hydrogen-bond donors (Lipinski definition) is 2. The zero-order valence-corrected chi connectivity index (χ0v) is 19.8. The number of esters is 1. The van der Waals surface area contributed by atoms with Gasteiger partial charge in [0, 0.05) is 13.2 Å². The first-order valence-corrected chi connectivity index (χ1v) is 9.75. The van der Waals surface area contributed by atoms with Crippen LogP contribution in [0.1, 0.15) is 46.1 Å². The Morgan fingerprint density at radius 3 is 2.90 bits per heavy atom. The third-order valence-corrected chi connectivity index (χ3v) is 5.34. The molecule has 0 saturated carbocycles. The molecule has 3 aromatic heterocycles. The molecular formula is C18H24IN7O2S. The fourth-order valence-electron chi connectivity index (χ4n) is 2.62. The van der Waals surface area contributed by atoms with Gasteiger partial charge in [-0.15, -0.1) is 45.5 Å². The largest absolute Gasteiger partial charge is 0.462 e. The summed E-state index contributed by atoms with van der Waals surface area (Å²) in [5.41, 5.74) is 1.46. The van der Waals surface area contributed by atoms with E-state index in [9.17, 15) is 4.79 Å². The van der Waals surface area contributed by atoms with Gasteiger partial charge in [-0.25, -0.2) is 9.78 Å². The summed E-state index contributed by atoms with van der Waals surface area (Å²) in [6.07, 6.45) is 1.92. The summed E-state index contributed by atoms with van der Waals surface area (Å²) in [4.78, 5) is 21.3. The Labute approximate surface area is 190 Å². The van der Waals surface area contributed by atoms with Gasteiger partial charge in [-0.05, 0) is 32.9 Å². The molecule has 156 valence electrons. The number of carbonyl (C=O) groups excluding carboxylic acids is 1. The average molecular weight is 529 g/mol. The Balaban J connectivity index is 0.00000300. The second-order valence-corrected chi connectivity index (χ2v) is 7.05. The fourth-order valence-corrected chi connectivity index (χ4v) is 3.59. The minimum Gasteiger partial charge on any atom is -0.462 e. The minimum absolute atomic E-state index is 0. The highest BCUT2D eigenvalue weighted by molar-refractivity contribution is 14.0. The molecule has 29 heavy (non-hydrogen) atoms. The second kappa shape index (κ2) is 10.5. The van der Waals surface area contributed by atoms with E-state index in [0.717, 1.165) is 16.5 Å². The predicted molar refractivity (Wildman–Crippen MR) is 123 cm³/mol. The number of nitrogens with zero attached hydrogens (tertiary/aromatic N) is 5. The van der Waals surface area contributed by atoms with Crippen molar-refractivity contribution in [3.05, 3.63) is 45.8 Å². The Kier molecular flexibility index (Phi) is 8.32. The van der Waals surface area contributed by atoms with E-state index in [1.165, 1.54) is 11.3 Å². The minimum atomic E-state index is -0.336. The smallest absolute Gasteiger partial charge is 0.350 e. The molecule has 0 bridgehead atoms. The predicted octanol–water partition coefficient (Wildman–Crippen LogP) is 2.72. The quantitative estimate of drug-likeness (QED) is 0.219. The molecule has 0 aromatic carbocycles. The maximum absolute atomic E-state index is 12.0. The van der Waals surface area contributed by atoms with Crippen LogP contribution in [0.5, 0.6) is 0 Å². The lowest BCUT2D eigenvalue weighted by Gasteiger charge is -2.15. The highest BCUT2D eigenvalue weighted by Crippen LogP contribution is 2.24. The van der Waals surface area contributed by atoms with Crippen molar-refractivity contribution >= 4 is 52.9 Å². The number of aromatic nitrogens is 4. The van der Waals surface area contributed by atoms with E-state index in [4.69, 9.17) is 4.74 Å². The summed E-state index contributed by atoms with van der Waals surface area (Å²) in [6.45, 7) is 6.36. The number of hydrogen-bond acceptors (Lipinski definition) is 7. The monoisotopic (exact) mass is 529 g/mol. The number of fused-ring (bicyclic) bond motifs is 1. The first-order valence-electron chi connectivity index (χ1n) is 8.93. The van der Waals surface area contributed by atoms with Crippen molar-refractivity contribution in [2.24, 2.45) is 4.99 Å². The number of thiazole rings is 1. The molecule has 0 amide bonds. The van der Waals surface area contributed by atoms with E-state index in [-0.39, 0.29) is 36.0 Å². The molecule has 3 aromatic rings. The molecule has 0 aliphatic carbocycles. The van der Waals surface area contributed by atoms with E-state index >= 15 is 0 Å². The van der Waals surface area contributed by atoms with Gasteiger partial charge in [-0.3, -0.25) is 9.39 Å². The molecule has 1 unspecified atom stereocenters. The number of nitrogens with one attached hydrogen (secondary N) is 2. The fraction of sp³-hybridized carbons (Fsp3) is 0.389. The van der Waals surface area contributed by atoms with Crippen LogP contribution in [0.4, 0.5) is 0 Å². The average Bonchev–Trinajstić information content (AvgIpc) is 3.29. The van der Waals surface area contributed by atoms with Crippen LogP contribution >= 0.6 is 35.3 Å². The standard InChI is InChI=1S/C18H23N7O2S.HI/c1-5-27-17(26)15-11(2)21-16(28-15)12(3)22-18(19-4)20-10-14-24-23-13-8-6-7-9-25(13)14;/h6-9,12H,5,10H2,1-4H3,(H2,19,20,22);1H. The van der Waals surface area contributed by atoms with Crippen LogP contribution in [0, 0.1) is 6.92 Å². The molecule has 0 spiro atoms. The van der Waals surface area contributed by atoms with Crippen LogP contribution in [-0.4, -0.2) is 45.2 Å². The third-order valence-electron chi connectivity index (χ3n) is 4.02. The highest BCUT2D eigenvalue weighted by Gasteiger charge is 2.20. The normalized spacial score (nSPS) is 12.3. The van der Waals surface area contributed by atoms with Crippen molar-refractivity contribution < 1.29 is 9.53 Å². The van der Waals surface area contributed by atoms with Gasteiger partial charge in [0.2, 0.25) is 0 Å². The molecule has 0 aliphatic heterocycles. The van der Waals surface area contributed by atoms with Crippen molar-refractivity contribution in [1.29, 1.82) is 0 Å². The number of aryl methyl sites for hydroxylation is 1. The van der Waals surface area contributed by atoms with Gasteiger partial charge < -0.3 is 15.4 Å². The lowest BCUT2D eigenvalue weighted by molar-refractivity contribution is 0.0531. The number of pyridine rings is 1. The molecule has 0 radical (unpaired) electrons. The van der Waals surface area contributed by atoms with E-state index in [0.29, 0.717) is 29.7 Å². The molecule has 0 aliphatic rings. The maximum Gasteiger partial charge on any atom is 0.350 e. The van der Waals surface area contributed by atoms with Gasteiger partial charge in [-0.2, -0.15) is 0 Å². The summed E-state index contributed by atoms with van der Waals surface area (Å²) < 4.78 is 7.00. The molecular weight excluding hydrogens is 505 g/mol. The number of ether oxygens (including phenoxy) is 1. The Morgan fingerprint density at radius 1 is 1.38 bits per heavy atom. The lowest BCUT2D eigenvalue weighted by atomic mass is 10.3. The van der Waals surface area contributed by atoms with Crippen LogP contribution in [-0.2, 0) is 11.3 Å². The molecule has 9 nitrogen and oxygen atoms in total. The van der Waals surface area contributed by atoms with Crippen molar-refractivity contribution in [1.82, 2.24) is 30.2 Å². The summed E-state index contributed by atoms with van der Waals surface area (Å²) in [5, 5.41) is 15.6. The van der Waals surface area contributed by atoms with Crippen molar-refractivity contribution in [2.75, 3.05) is 13.7 Å². The molecule has 11 heteroatoms. The zero-order valence-electron chi connectivity index (χ0n) is 16.7. The van der Waals surface area contributed by atoms with Crippen LogP contribution in [0.25, 0.3) is 5.65 Å². The molecule has 0 fully saturated rings. The summed E-state index contributed by atoms with van der Waals surface area (Å²) in [5.74, 6) is 1.05. The van der Waals surface area contributed by atoms with E-state index in [1.807, 2.05) is 42.6 Å². The maximum atomic E-state index is 12.0. The molecule has 3 rings (SSSR count). The van der Waals surface area contributed by atoms with Crippen molar-refractivity contribution in [3.8, 4) is 0 Å². The molecule has 3 heterocycles. The summed E-state index contributed by atoms with van der Waals surface area (Å²) in [7, 11) is 1.70. The molecule has 0 saturated heterocycles. The van der Waals surface area contributed by atoms with E-state index in [2.05, 4.69) is 30.8 Å².